The summed E-state index contributed by atoms with van der Waals surface area (Å²) in [5.74, 6) is 0.880. The molecule has 0 aromatic carbocycles. The van der Waals surface area contributed by atoms with E-state index in [0.717, 1.165) is 24.0 Å². The summed E-state index contributed by atoms with van der Waals surface area (Å²) in [6, 6.07) is 2.07. The van der Waals surface area contributed by atoms with Gasteiger partial charge in [0, 0.05) is 36.5 Å². The lowest BCUT2D eigenvalue weighted by atomic mass is 10.1. The SMILES string of the molecule is CS(=O)(=O)N1CCC(Nc2ncc(-c3[c]scc3)c(N)n2)CC1. The maximum atomic E-state index is 11.5. The number of hydrogen-bond donors (Lipinski definition) is 2. The van der Waals surface area contributed by atoms with E-state index in [0.29, 0.717) is 24.9 Å². The fourth-order valence-corrected chi connectivity index (χ4v) is 4.02. The molecule has 1 aliphatic heterocycles. The van der Waals surface area contributed by atoms with E-state index >= 15 is 0 Å². The Hall–Kier alpha value is -1.71. The zero-order valence-corrected chi connectivity index (χ0v) is 14.3. The summed E-state index contributed by atoms with van der Waals surface area (Å²) in [7, 11) is -3.11. The molecule has 0 atom stereocenters. The van der Waals surface area contributed by atoms with Crippen LogP contribution >= 0.6 is 11.3 Å². The number of hydrogen-bond acceptors (Lipinski definition) is 7. The van der Waals surface area contributed by atoms with Crippen LogP contribution in [0.4, 0.5) is 11.8 Å². The molecule has 0 spiro atoms. The third kappa shape index (κ3) is 3.80. The summed E-state index contributed by atoms with van der Waals surface area (Å²) in [6.45, 7) is 1.02. The van der Waals surface area contributed by atoms with E-state index in [1.807, 2.05) is 11.4 Å². The van der Waals surface area contributed by atoms with Crippen molar-refractivity contribution in [2.45, 2.75) is 18.9 Å². The smallest absolute Gasteiger partial charge is 0.224 e. The molecule has 1 aliphatic rings. The van der Waals surface area contributed by atoms with Gasteiger partial charge in [0.2, 0.25) is 16.0 Å². The van der Waals surface area contributed by atoms with Gasteiger partial charge in [-0.15, -0.1) is 11.3 Å². The van der Waals surface area contributed by atoms with Crippen molar-refractivity contribution in [3.05, 3.63) is 23.0 Å². The number of piperidine rings is 1. The maximum absolute atomic E-state index is 11.5. The molecule has 0 aliphatic carbocycles. The lowest BCUT2D eigenvalue weighted by Crippen LogP contribution is -2.42. The molecular formula is C14H18N5O2S2. The monoisotopic (exact) mass is 352 g/mol. The number of sulfonamides is 1. The van der Waals surface area contributed by atoms with Gasteiger partial charge in [-0.1, -0.05) is 0 Å². The topological polar surface area (TPSA) is 101 Å². The van der Waals surface area contributed by atoms with E-state index in [1.165, 1.54) is 21.9 Å². The normalized spacial score (nSPS) is 17.3. The number of thiophene rings is 1. The summed E-state index contributed by atoms with van der Waals surface area (Å²) in [5.41, 5.74) is 7.66. The Morgan fingerprint density at radius 3 is 2.74 bits per heavy atom. The predicted octanol–water partition coefficient (Wildman–Crippen LogP) is 1.42. The number of aromatic nitrogens is 2. The molecule has 3 rings (SSSR count). The molecule has 23 heavy (non-hydrogen) atoms. The molecule has 1 fully saturated rings. The standard InChI is InChI=1S/C14H18N5O2S2/c1-23(20,21)19-5-2-11(3-6-19)17-14-16-8-12(13(15)18-14)10-4-7-22-9-10/h4,7-8,11H,2-3,5-6H2,1H3,(H3,15,16,17,18). The molecule has 0 unspecified atom stereocenters. The fraction of sp³-hybridized carbons (Fsp3) is 0.429. The summed E-state index contributed by atoms with van der Waals surface area (Å²) in [6.07, 6.45) is 4.37. The molecule has 123 valence electrons. The van der Waals surface area contributed by atoms with Gasteiger partial charge in [-0.05, 0) is 24.3 Å². The Bertz CT molecular complexity index is 768. The van der Waals surface area contributed by atoms with Crippen LogP contribution in [0.25, 0.3) is 11.1 Å². The van der Waals surface area contributed by atoms with Gasteiger partial charge in [-0.3, -0.25) is 0 Å². The maximum Gasteiger partial charge on any atom is 0.224 e. The van der Waals surface area contributed by atoms with E-state index < -0.39 is 10.0 Å². The molecule has 0 amide bonds. The van der Waals surface area contributed by atoms with Gasteiger partial charge in [0.1, 0.15) is 5.82 Å². The average molecular weight is 352 g/mol. The van der Waals surface area contributed by atoms with Gasteiger partial charge in [-0.2, -0.15) is 4.98 Å². The molecule has 0 bridgehead atoms. The van der Waals surface area contributed by atoms with Crippen LogP contribution in [0, 0.1) is 5.38 Å². The quantitative estimate of drug-likeness (QED) is 0.863. The zero-order chi connectivity index (χ0) is 16.4. The van der Waals surface area contributed by atoms with Gasteiger partial charge in [0.25, 0.3) is 0 Å². The van der Waals surface area contributed by atoms with Crippen molar-refractivity contribution in [2.24, 2.45) is 0 Å². The molecule has 2 aromatic rings. The first-order valence-electron chi connectivity index (χ1n) is 7.23. The summed E-state index contributed by atoms with van der Waals surface area (Å²) >= 11 is 1.47. The molecule has 3 N–H and O–H groups in total. The second-order valence-electron chi connectivity index (χ2n) is 5.51. The summed E-state index contributed by atoms with van der Waals surface area (Å²) in [4.78, 5) is 8.61. The van der Waals surface area contributed by atoms with Gasteiger partial charge in [0.15, 0.2) is 0 Å². The first-order chi connectivity index (χ1) is 10.9. The van der Waals surface area contributed by atoms with Gasteiger partial charge >= 0.3 is 0 Å². The Morgan fingerprint density at radius 1 is 1.43 bits per heavy atom. The molecule has 0 saturated carbocycles. The van der Waals surface area contributed by atoms with Crippen molar-refractivity contribution in [3.8, 4) is 11.1 Å². The first kappa shape index (κ1) is 16.2. The Labute approximate surface area is 139 Å². The summed E-state index contributed by atoms with van der Waals surface area (Å²) in [5, 5.41) is 8.27. The van der Waals surface area contributed by atoms with E-state index in [-0.39, 0.29) is 6.04 Å². The average Bonchev–Trinajstić information content (AvgIpc) is 3.01. The van der Waals surface area contributed by atoms with Crippen LogP contribution in [0.5, 0.6) is 0 Å². The highest BCUT2D eigenvalue weighted by molar-refractivity contribution is 7.88. The second kappa shape index (κ2) is 6.42. The number of nitrogens with zero attached hydrogens (tertiary/aromatic N) is 3. The van der Waals surface area contributed by atoms with Crippen LogP contribution in [0.2, 0.25) is 0 Å². The van der Waals surface area contributed by atoms with Gasteiger partial charge < -0.3 is 11.1 Å². The molecule has 9 heteroatoms. The van der Waals surface area contributed by atoms with Crippen molar-refractivity contribution < 1.29 is 8.42 Å². The number of nitrogen functional groups attached to an aromatic ring is 1. The van der Waals surface area contributed by atoms with Crippen molar-refractivity contribution in [1.82, 2.24) is 14.3 Å². The van der Waals surface area contributed by atoms with Crippen LogP contribution in [0.1, 0.15) is 12.8 Å². The zero-order valence-electron chi connectivity index (χ0n) is 12.7. The molecule has 1 saturated heterocycles. The van der Waals surface area contributed by atoms with Crippen LogP contribution in [0.3, 0.4) is 0 Å². The largest absolute Gasteiger partial charge is 0.383 e. The van der Waals surface area contributed by atoms with E-state index in [9.17, 15) is 8.42 Å². The Kier molecular flexibility index (Phi) is 4.51. The minimum absolute atomic E-state index is 0.144. The Balaban J connectivity index is 1.65. The highest BCUT2D eigenvalue weighted by Crippen LogP contribution is 2.26. The fourth-order valence-electron chi connectivity index (χ4n) is 2.56. The minimum atomic E-state index is -3.11. The van der Waals surface area contributed by atoms with Crippen molar-refractivity contribution in [3.63, 3.8) is 0 Å². The van der Waals surface area contributed by atoms with Gasteiger partial charge in [0.05, 0.1) is 11.6 Å². The Morgan fingerprint density at radius 2 is 2.17 bits per heavy atom. The summed E-state index contributed by atoms with van der Waals surface area (Å²) < 4.78 is 24.5. The lowest BCUT2D eigenvalue weighted by Gasteiger charge is -2.30. The van der Waals surface area contributed by atoms with Crippen LogP contribution in [0.15, 0.2) is 17.6 Å². The third-order valence-corrected chi connectivity index (χ3v) is 5.75. The van der Waals surface area contributed by atoms with Crippen LogP contribution < -0.4 is 11.1 Å². The van der Waals surface area contributed by atoms with Crippen molar-refractivity contribution >= 4 is 33.1 Å². The molecule has 1 radical (unpaired) electrons. The number of nitrogens with one attached hydrogen (secondary N) is 1. The van der Waals surface area contributed by atoms with Crippen LogP contribution in [-0.4, -0.2) is 48.1 Å². The lowest BCUT2D eigenvalue weighted by molar-refractivity contribution is 0.331. The molecule has 2 aromatic heterocycles. The van der Waals surface area contributed by atoms with Crippen molar-refractivity contribution in [1.29, 1.82) is 0 Å². The number of anilines is 2. The molecule has 7 nitrogen and oxygen atoms in total. The van der Waals surface area contributed by atoms with Gasteiger partial charge in [-0.25, -0.2) is 17.7 Å². The van der Waals surface area contributed by atoms with E-state index in [1.54, 1.807) is 6.20 Å². The number of rotatable bonds is 4. The number of nitrogens with two attached hydrogens (primary N) is 1. The highest BCUT2D eigenvalue weighted by Gasteiger charge is 2.25. The minimum Gasteiger partial charge on any atom is -0.383 e. The predicted molar refractivity (Wildman–Crippen MR) is 91.7 cm³/mol. The van der Waals surface area contributed by atoms with Crippen molar-refractivity contribution in [2.75, 3.05) is 30.4 Å². The molecular weight excluding hydrogens is 334 g/mol. The van der Waals surface area contributed by atoms with E-state index in [4.69, 9.17) is 5.73 Å². The first-order valence-corrected chi connectivity index (χ1v) is 9.96. The third-order valence-electron chi connectivity index (χ3n) is 3.84. The second-order valence-corrected chi connectivity index (χ2v) is 8.20. The molecule has 3 heterocycles. The van der Waals surface area contributed by atoms with E-state index in [2.05, 4.69) is 20.7 Å². The van der Waals surface area contributed by atoms with Crippen LogP contribution in [-0.2, 0) is 10.0 Å². The highest BCUT2D eigenvalue weighted by atomic mass is 32.2.